The molecule has 0 aromatic heterocycles. The molecule has 1 amide bonds. The molecule has 2 aromatic rings. The van der Waals surface area contributed by atoms with E-state index >= 15 is 4.39 Å². The quantitative estimate of drug-likeness (QED) is 0.195. The molecule has 2 N–H and O–H groups in total. The number of rotatable bonds is 9. The maximum absolute atomic E-state index is 15.1. The minimum Gasteiger partial charge on any atom is -0.377 e. The maximum atomic E-state index is 15.1. The van der Waals surface area contributed by atoms with Gasteiger partial charge in [-0.05, 0) is 85.0 Å². The second-order valence-corrected chi connectivity index (χ2v) is 11.9. The standard InChI is InChI=1S/C26H33FIN3OS/c1-4-12-31(13-11-28)19-6-9-22(27)21(15-19)24-26(2,3)16-18-14-17(5-10-23(18)29-24)25(32)30-33-20-7-8-20/h5-6,9-10,14-15,20,24,29H,4,7-8,11-13,16H2,1-3H3,(H,30,32). The Morgan fingerprint density at radius 3 is 2.73 bits per heavy atom. The SMILES string of the molecule is CCCN(CCI)c1ccc(F)c(C2Nc3ccc(C(=O)NSC4CC4)cc3CC2(C)C)c1. The molecule has 178 valence electrons. The minimum absolute atomic E-state index is 0.0420. The van der Waals surface area contributed by atoms with E-state index in [1.807, 2.05) is 30.3 Å². The van der Waals surface area contributed by atoms with Crippen molar-refractivity contribution in [1.82, 2.24) is 4.72 Å². The number of halogens is 2. The van der Waals surface area contributed by atoms with E-state index in [0.29, 0.717) is 16.4 Å². The number of carbonyl (C=O) groups excluding carboxylic acids is 1. The molecule has 0 spiro atoms. The smallest absolute Gasteiger partial charge is 0.261 e. The van der Waals surface area contributed by atoms with Gasteiger partial charge in [-0.1, -0.05) is 43.4 Å². The number of nitrogens with zero attached hydrogens (tertiary/aromatic N) is 1. The lowest BCUT2D eigenvalue weighted by Gasteiger charge is -2.42. The van der Waals surface area contributed by atoms with Gasteiger partial charge in [0.05, 0.1) is 6.04 Å². The molecule has 4 rings (SSSR count). The van der Waals surface area contributed by atoms with Gasteiger partial charge in [-0.15, -0.1) is 0 Å². The van der Waals surface area contributed by atoms with Crippen LogP contribution in [0, 0.1) is 11.2 Å². The van der Waals surface area contributed by atoms with Crippen molar-refractivity contribution >= 4 is 51.8 Å². The van der Waals surface area contributed by atoms with Crippen LogP contribution in [0.15, 0.2) is 36.4 Å². The summed E-state index contributed by atoms with van der Waals surface area (Å²) in [6.45, 7) is 8.43. The van der Waals surface area contributed by atoms with Gasteiger partial charge in [-0.25, -0.2) is 4.39 Å². The molecule has 1 fully saturated rings. The van der Waals surface area contributed by atoms with Crippen LogP contribution in [-0.2, 0) is 6.42 Å². The third-order valence-corrected chi connectivity index (χ3v) is 8.03. The highest BCUT2D eigenvalue weighted by Gasteiger charge is 2.38. The first kappa shape index (κ1) is 24.6. The van der Waals surface area contributed by atoms with Crippen molar-refractivity contribution in [2.45, 2.75) is 57.7 Å². The zero-order valence-corrected chi connectivity index (χ0v) is 22.6. The van der Waals surface area contributed by atoms with Crippen LogP contribution in [0.25, 0.3) is 0 Å². The summed E-state index contributed by atoms with van der Waals surface area (Å²) in [5, 5.41) is 4.18. The van der Waals surface area contributed by atoms with Gasteiger partial charge in [0.2, 0.25) is 0 Å². The summed E-state index contributed by atoms with van der Waals surface area (Å²) in [5.74, 6) is -0.216. The summed E-state index contributed by atoms with van der Waals surface area (Å²) in [7, 11) is 0. The molecule has 1 unspecified atom stereocenters. The molecular formula is C26H33FIN3OS. The summed E-state index contributed by atoms with van der Waals surface area (Å²) in [5.41, 5.74) is 4.33. The van der Waals surface area contributed by atoms with Gasteiger partial charge in [-0.2, -0.15) is 0 Å². The lowest BCUT2D eigenvalue weighted by molar-refractivity contribution is 0.0984. The molecular weight excluding hydrogens is 548 g/mol. The number of benzene rings is 2. The first-order valence-electron chi connectivity index (χ1n) is 11.8. The Kier molecular flexibility index (Phi) is 7.78. The van der Waals surface area contributed by atoms with Gasteiger partial charge >= 0.3 is 0 Å². The molecule has 0 radical (unpaired) electrons. The average Bonchev–Trinajstić information content (AvgIpc) is 3.61. The van der Waals surface area contributed by atoms with Gasteiger partial charge in [0.1, 0.15) is 5.82 Å². The number of hydrogen-bond donors (Lipinski definition) is 2. The van der Waals surface area contributed by atoms with Crippen LogP contribution in [0.3, 0.4) is 0 Å². The monoisotopic (exact) mass is 581 g/mol. The number of amides is 1. The topological polar surface area (TPSA) is 44.4 Å². The fourth-order valence-corrected chi connectivity index (χ4v) is 5.88. The Morgan fingerprint density at radius 2 is 2.03 bits per heavy atom. The van der Waals surface area contributed by atoms with Crippen LogP contribution in [0.5, 0.6) is 0 Å². The summed E-state index contributed by atoms with van der Waals surface area (Å²) < 4.78 is 19.1. The number of alkyl halides is 1. The van der Waals surface area contributed by atoms with Gasteiger partial charge in [0.15, 0.2) is 0 Å². The first-order valence-corrected chi connectivity index (χ1v) is 14.2. The van der Waals surface area contributed by atoms with Crippen LogP contribution in [0.2, 0.25) is 0 Å². The Labute approximate surface area is 214 Å². The second kappa shape index (κ2) is 10.4. The average molecular weight is 582 g/mol. The normalized spacial score (nSPS) is 18.9. The van der Waals surface area contributed by atoms with Crippen LogP contribution >= 0.6 is 34.5 Å². The molecule has 0 bridgehead atoms. The number of anilines is 2. The zero-order valence-electron chi connectivity index (χ0n) is 19.6. The third kappa shape index (κ3) is 5.78. The van der Waals surface area contributed by atoms with Crippen molar-refractivity contribution in [3.63, 3.8) is 0 Å². The minimum atomic E-state index is -0.219. The molecule has 7 heteroatoms. The van der Waals surface area contributed by atoms with E-state index in [1.165, 1.54) is 24.8 Å². The fraction of sp³-hybridized carbons (Fsp3) is 0.500. The second-order valence-electron chi connectivity index (χ2n) is 9.74. The van der Waals surface area contributed by atoms with Crippen LogP contribution < -0.4 is 14.9 Å². The third-order valence-electron chi connectivity index (χ3n) is 6.44. The first-order chi connectivity index (χ1) is 15.8. The highest BCUT2D eigenvalue weighted by atomic mass is 127. The predicted octanol–water partition coefficient (Wildman–Crippen LogP) is 6.75. The summed E-state index contributed by atoms with van der Waals surface area (Å²) in [6.07, 6.45) is 4.19. The van der Waals surface area contributed by atoms with Gasteiger partial charge in [0, 0.05) is 45.3 Å². The van der Waals surface area contributed by atoms with Crippen molar-refractivity contribution in [1.29, 1.82) is 0 Å². The van der Waals surface area contributed by atoms with Gasteiger partial charge in [-0.3, -0.25) is 9.52 Å². The Morgan fingerprint density at radius 1 is 1.24 bits per heavy atom. The Hall–Kier alpha value is -1.48. The van der Waals surface area contributed by atoms with E-state index in [2.05, 4.69) is 58.3 Å². The number of carbonyl (C=O) groups is 1. The zero-order chi connectivity index (χ0) is 23.6. The number of nitrogens with one attached hydrogen (secondary N) is 2. The molecule has 33 heavy (non-hydrogen) atoms. The molecule has 1 aliphatic heterocycles. The molecule has 4 nitrogen and oxygen atoms in total. The van der Waals surface area contributed by atoms with Crippen molar-refractivity contribution in [2.75, 3.05) is 27.7 Å². The lowest BCUT2D eigenvalue weighted by atomic mass is 9.72. The van der Waals surface area contributed by atoms with Gasteiger partial charge in [0.25, 0.3) is 5.91 Å². The van der Waals surface area contributed by atoms with E-state index in [1.54, 1.807) is 6.07 Å². The summed E-state index contributed by atoms with van der Waals surface area (Å²) >= 11 is 3.92. The highest BCUT2D eigenvalue weighted by molar-refractivity contribution is 14.1. The fourth-order valence-electron chi connectivity index (χ4n) is 4.54. The molecule has 1 heterocycles. The van der Waals surface area contributed by atoms with E-state index in [-0.39, 0.29) is 23.2 Å². The molecule has 2 aromatic carbocycles. The van der Waals surface area contributed by atoms with E-state index in [4.69, 9.17) is 0 Å². The van der Waals surface area contributed by atoms with Crippen molar-refractivity contribution in [3.05, 3.63) is 58.9 Å². The summed E-state index contributed by atoms with van der Waals surface area (Å²) in [6, 6.07) is 11.2. The summed E-state index contributed by atoms with van der Waals surface area (Å²) in [4.78, 5) is 14.9. The maximum Gasteiger partial charge on any atom is 0.261 e. The van der Waals surface area contributed by atoms with Crippen molar-refractivity contribution < 1.29 is 9.18 Å². The molecule has 2 aliphatic rings. The van der Waals surface area contributed by atoms with Crippen LogP contribution in [-0.4, -0.2) is 28.7 Å². The number of hydrogen-bond acceptors (Lipinski definition) is 4. The molecule has 1 aliphatic carbocycles. The van der Waals surface area contributed by atoms with Crippen LogP contribution in [0.1, 0.15) is 67.6 Å². The van der Waals surface area contributed by atoms with E-state index in [9.17, 15) is 4.79 Å². The largest absolute Gasteiger partial charge is 0.377 e. The molecule has 1 saturated carbocycles. The van der Waals surface area contributed by atoms with Gasteiger partial charge < -0.3 is 10.2 Å². The number of fused-ring (bicyclic) bond motifs is 1. The van der Waals surface area contributed by atoms with Crippen LogP contribution in [0.4, 0.5) is 15.8 Å². The predicted molar refractivity (Wildman–Crippen MR) is 146 cm³/mol. The Balaban J connectivity index is 1.59. The van der Waals surface area contributed by atoms with Crippen molar-refractivity contribution in [3.8, 4) is 0 Å². The van der Waals surface area contributed by atoms with E-state index < -0.39 is 0 Å². The van der Waals surface area contributed by atoms with E-state index in [0.717, 1.165) is 47.3 Å². The highest BCUT2D eigenvalue weighted by Crippen LogP contribution is 2.46. The Bertz CT molecular complexity index is 1010. The molecule has 0 saturated heterocycles. The molecule has 1 atom stereocenters. The van der Waals surface area contributed by atoms with Crippen molar-refractivity contribution in [2.24, 2.45) is 5.41 Å². The lowest BCUT2D eigenvalue weighted by Crippen LogP contribution is -2.36.